The van der Waals surface area contributed by atoms with E-state index in [0.717, 1.165) is 16.7 Å². The molecule has 0 radical (unpaired) electrons. The predicted octanol–water partition coefficient (Wildman–Crippen LogP) is 5.26. The van der Waals surface area contributed by atoms with E-state index in [-0.39, 0.29) is 16.5 Å². The van der Waals surface area contributed by atoms with E-state index in [4.69, 9.17) is 15.6 Å². The first-order valence-electron chi connectivity index (χ1n) is 10.8. The molecule has 0 heterocycles. The van der Waals surface area contributed by atoms with Crippen LogP contribution in [0.5, 0.6) is 5.75 Å². The Morgan fingerprint density at radius 1 is 1.06 bits per heavy atom. The molecule has 180 valence electrons. The Bertz CT molecular complexity index is 1120. The SMILES string of the molecule is Cc1cccc(COc2ccccc2CN(CC[C@@H](N)C(=O)O)Cc2cc(F)c(I)c(F)c2)c1. The summed E-state index contributed by atoms with van der Waals surface area (Å²) < 4.78 is 34.2. The summed E-state index contributed by atoms with van der Waals surface area (Å²) in [5.74, 6) is -1.65. The third-order valence-corrected chi connectivity index (χ3v) is 6.40. The zero-order valence-corrected chi connectivity index (χ0v) is 21.0. The number of nitrogens with two attached hydrogens (primary N) is 1. The Kier molecular flexibility index (Phi) is 9.37. The van der Waals surface area contributed by atoms with Gasteiger partial charge in [-0.2, -0.15) is 0 Å². The van der Waals surface area contributed by atoms with Crippen molar-refractivity contribution in [2.24, 2.45) is 5.73 Å². The molecule has 1 atom stereocenters. The number of nitrogens with zero attached hydrogens (tertiary/aromatic N) is 1. The first kappa shape index (κ1) is 26.1. The molecule has 5 nitrogen and oxygen atoms in total. The van der Waals surface area contributed by atoms with Crippen LogP contribution in [0.1, 0.15) is 28.7 Å². The van der Waals surface area contributed by atoms with E-state index in [1.807, 2.05) is 54.3 Å². The summed E-state index contributed by atoms with van der Waals surface area (Å²) in [5, 5.41) is 9.16. The highest BCUT2D eigenvalue weighted by Crippen LogP contribution is 2.24. The van der Waals surface area contributed by atoms with Gasteiger partial charge in [-0.3, -0.25) is 9.69 Å². The van der Waals surface area contributed by atoms with E-state index in [9.17, 15) is 13.6 Å². The number of carboxylic acids is 1. The highest BCUT2D eigenvalue weighted by Gasteiger charge is 2.17. The number of benzene rings is 3. The Morgan fingerprint density at radius 3 is 2.44 bits per heavy atom. The van der Waals surface area contributed by atoms with E-state index in [2.05, 4.69) is 6.07 Å². The zero-order chi connectivity index (χ0) is 24.7. The number of hydrogen-bond donors (Lipinski definition) is 2. The summed E-state index contributed by atoms with van der Waals surface area (Å²) in [7, 11) is 0. The summed E-state index contributed by atoms with van der Waals surface area (Å²) >= 11 is 1.63. The van der Waals surface area contributed by atoms with Crippen molar-refractivity contribution in [2.75, 3.05) is 6.54 Å². The summed E-state index contributed by atoms with van der Waals surface area (Å²) in [6, 6.07) is 17.2. The van der Waals surface area contributed by atoms with Crippen LogP contribution < -0.4 is 10.5 Å². The number of halogens is 3. The van der Waals surface area contributed by atoms with Crippen molar-refractivity contribution in [3.05, 3.63) is 98.1 Å². The van der Waals surface area contributed by atoms with Gasteiger partial charge in [0.25, 0.3) is 0 Å². The van der Waals surface area contributed by atoms with Crippen LogP contribution in [0, 0.1) is 22.1 Å². The van der Waals surface area contributed by atoms with Crippen molar-refractivity contribution >= 4 is 28.6 Å². The van der Waals surface area contributed by atoms with Crippen molar-refractivity contribution in [1.82, 2.24) is 4.90 Å². The summed E-state index contributed by atoms with van der Waals surface area (Å²) in [6.45, 7) is 3.37. The normalized spacial score (nSPS) is 12.1. The number of aliphatic carboxylic acids is 1. The predicted molar refractivity (Wildman–Crippen MR) is 135 cm³/mol. The molecule has 0 aliphatic carbocycles. The number of ether oxygens (including phenoxy) is 1. The molecule has 0 aliphatic rings. The van der Waals surface area contributed by atoms with Crippen molar-refractivity contribution in [1.29, 1.82) is 0 Å². The molecule has 0 amide bonds. The maximum Gasteiger partial charge on any atom is 0.320 e. The Balaban J connectivity index is 1.79. The van der Waals surface area contributed by atoms with Crippen LogP contribution in [0.15, 0.2) is 60.7 Å². The van der Waals surface area contributed by atoms with Crippen molar-refractivity contribution in [3.63, 3.8) is 0 Å². The Morgan fingerprint density at radius 2 is 1.76 bits per heavy atom. The minimum absolute atomic E-state index is 0.0595. The highest BCUT2D eigenvalue weighted by atomic mass is 127. The molecule has 0 saturated carbocycles. The van der Waals surface area contributed by atoms with Crippen LogP contribution >= 0.6 is 22.6 Å². The van der Waals surface area contributed by atoms with Crippen LogP contribution in [-0.2, 0) is 24.5 Å². The Hall–Kier alpha value is -2.56. The second kappa shape index (κ2) is 12.2. The topological polar surface area (TPSA) is 75.8 Å². The van der Waals surface area contributed by atoms with Gasteiger partial charge in [0.1, 0.15) is 30.0 Å². The largest absolute Gasteiger partial charge is 0.489 e. The molecule has 0 fully saturated rings. The van der Waals surface area contributed by atoms with E-state index in [1.165, 1.54) is 12.1 Å². The molecule has 0 aromatic heterocycles. The van der Waals surface area contributed by atoms with E-state index in [0.29, 0.717) is 31.0 Å². The second-order valence-corrected chi connectivity index (χ2v) is 9.28. The molecule has 3 N–H and O–H groups in total. The van der Waals surface area contributed by atoms with Crippen LogP contribution in [0.4, 0.5) is 8.78 Å². The second-order valence-electron chi connectivity index (χ2n) is 8.20. The molecule has 0 spiro atoms. The molecule has 0 aliphatic heterocycles. The number of carbonyl (C=O) groups is 1. The zero-order valence-electron chi connectivity index (χ0n) is 18.8. The van der Waals surface area contributed by atoms with Gasteiger partial charge in [-0.05, 0) is 65.3 Å². The van der Waals surface area contributed by atoms with Gasteiger partial charge in [0.15, 0.2) is 0 Å². The van der Waals surface area contributed by atoms with Gasteiger partial charge in [-0.25, -0.2) is 8.78 Å². The smallest absolute Gasteiger partial charge is 0.320 e. The van der Waals surface area contributed by atoms with Gasteiger partial charge in [0, 0.05) is 25.2 Å². The van der Waals surface area contributed by atoms with Crippen LogP contribution in [0.25, 0.3) is 0 Å². The lowest BCUT2D eigenvalue weighted by Gasteiger charge is -2.25. The monoisotopic (exact) mass is 580 g/mol. The van der Waals surface area contributed by atoms with Gasteiger partial charge < -0.3 is 15.6 Å². The molecule has 0 unspecified atom stereocenters. The summed E-state index contributed by atoms with van der Waals surface area (Å²) in [5.41, 5.74) is 9.23. The lowest BCUT2D eigenvalue weighted by atomic mass is 10.1. The van der Waals surface area contributed by atoms with Crippen molar-refractivity contribution in [3.8, 4) is 5.75 Å². The molecule has 3 aromatic carbocycles. The molecular formula is C26H27F2IN2O3. The highest BCUT2D eigenvalue weighted by molar-refractivity contribution is 14.1. The number of aryl methyl sites for hydroxylation is 1. The average molecular weight is 580 g/mol. The third kappa shape index (κ3) is 7.48. The van der Waals surface area contributed by atoms with E-state index >= 15 is 0 Å². The maximum atomic E-state index is 14.1. The van der Waals surface area contributed by atoms with Crippen LogP contribution in [-0.4, -0.2) is 28.6 Å². The molecule has 3 aromatic rings. The standard InChI is InChI=1S/C26H27F2IN2O3/c1-17-5-4-6-18(11-17)16-34-24-8-3-2-7-20(24)15-31(10-9-23(30)26(32)33)14-19-12-21(27)25(29)22(28)13-19/h2-8,11-13,23H,9-10,14-16,30H2,1H3,(H,32,33)/t23-/m1/s1. The molecular weight excluding hydrogens is 553 g/mol. The lowest BCUT2D eigenvalue weighted by molar-refractivity contribution is -0.138. The minimum atomic E-state index is -1.09. The fourth-order valence-corrected chi connectivity index (χ4v) is 3.91. The summed E-state index contributed by atoms with van der Waals surface area (Å²) in [4.78, 5) is 13.1. The van der Waals surface area contributed by atoms with Gasteiger partial charge in [-0.1, -0.05) is 48.0 Å². The fraction of sp³-hybridized carbons (Fsp3) is 0.269. The number of carboxylic acid groups (broad SMARTS) is 1. The first-order chi connectivity index (χ1) is 16.2. The summed E-state index contributed by atoms with van der Waals surface area (Å²) in [6.07, 6.45) is 0.191. The van der Waals surface area contributed by atoms with Crippen molar-refractivity contribution in [2.45, 2.75) is 39.1 Å². The minimum Gasteiger partial charge on any atom is -0.489 e. The average Bonchev–Trinajstić information content (AvgIpc) is 2.80. The van der Waals surface area contributed by atoms with Gasteiger partial charge >= 0.3 is 5.97 Å². The van der Waals surface area contributed by atoms with Gasteiger partial charge in [0.05, 0.1) is 3.57 Å². The van der Waals surface area contributed by atoms with Crippen molar-refractivity contribution < 1.29 is 23.4 Å². The molecule has 0 saturated heterocycles. The molecule has 0 bridgehead atoms. The van der Waals surface area contributed by atoms with Crippen LogP contribution in [0.2, 0.25) is 0 Å². The van der Waals surface area contributed by atoms with Crippen LogP contribution in [0.3, 0.4) is 0 Å². The van der Waals surface area contributed by atoms with Gasteiger partial charge in [0.2, 0.25) is 0 Å². The lowest BCUT2D eigenvalue weighted by Crippen LogP contribution is -2.35. The number of para-hydroxylation sites is 1. The molecule has 8 heteroatoms. The molecule has 3 rings (SSSR count). The van der Waals surface area contributed by atoms with Gasteiger partial charge in [-0.15, -0.1) is 0 Å². The van der Waals surface area contributed by atoms with E-state index < -0.39 is 23.6 Å². The molecule has 34 heavy (non-hydrogen) atoms. The number of hydrogen-bond acceptors (Lipinski definition) is 4. The third-order valence-electron chi connectivity index (χ3n) is 5.37. The quantitative estimate of drug-likeness (QED) is 0.239. The Labute approximate surface area is 211 Å². The first-order valence-corrected chi connectivity index (χ1v) is 11.9. The van der Waals surface area contributed by atoms with E-state index in [1.54, 1.807) is 22.6 Å². The maximum absolute atomic E-state index is 14.1. The fourth-order valence-electron chi connectivity index (χ4n) is 3.60. The number of rotatable bonds is 11.